The van der Waals surface area contributed by atoms with Gasteiger partial charge in [0.05, 0.1) is 18.6 Å². The first-order chi connectivity index (χ1) is 11.4. The molecule has 0 radical (unpaired) electrons. The molecule has 0 saturated heterocycles. The molecule has 8 heteroatoms. The fourth-order valence-corrected chi connectivity index (χ4v) is 3.11. The van der Waals surface area contributed by atoms with Crippen molar-refractivity contribution in [2.75, 3.05) is 13.7 Å². The number of benzene rings is 2. The number of halogens is 1. The molecule has 0 fully saturated rings. The lowest BCUT2D eigenvalue weighted by molar-refractivity contribution is -0.120. The van der Waals surface area contributed by atoms with Crippen LogP contribution in [0.2, 0.25) is 0 Å². The van der Waals surface area contributed by atoms with Crippen molar-refractivity contribution < 1.29 is 17.9 Å². The van der Waals surface area contributed by atoms with Crippen molar-refractivity contribution in [3.8, 4) is 5.75 Å². The zero-order valence-corrected chi connectivity index (χ0v) is 15.4. The van der Waals surface area contributed by atoms with Crippen LogP contribution in [0.25, 0.3) is 0 Å². The van der Waals surface area contributed by atoms with Crippen molar-refractivity contribution in [1.82, 2.24) is 10.0 Å². The summed E-state index contributed by atoms with van der Waals surface area (Å²) in [6.07, 6.45) is 0. The van der Waals surface area contributed by atoms with Gasteiger partial charge in [0, 0.05) is 11.0 Å². The van der Waals surface area contributed by atoms with Gasteiger partial charge in [-0.25, -0.2) is 13.1 Å². The SMILES string of the molecule is COc1ccc(CNC(=O)CNS(=O)(=O)c2ccc(Br)cc2)cc1. The number of methoxy groups -OCH3 is 1. The number of hydrogen-bond donors (Lipinski definition) is 2. The van der Waals surface area contributed by atoms with Crippen LogP contribution in [-0.4, -0.2) is 28.0 Å². The minimum atomic E-state index is -3.71. The standard InChI is InChI=1S/C16H17BrN2O4S/c1-23-14-6-2-12(3-7-14)10-18-16(20)11-19-24(21,22)15-8-4-13(17)5-9-15/h2-9,19H,10-11H2,1H3,(H,18,20). The van der Waals surface area contributed by atoms with Crippen molar-refractivity contribution in [2.24, 2.45) is 0 Å². The van der Waals surface area contributed by atoms with Crippen molar-refractivity contribution in [2.45, 2.75) is 11.4 Å². The van der Waals surface area contributed by atoms with E-state index in [1.54, 1.807) is 31.4 Å². The molecule has 128 valence electrons. The molecule has 0 spiro atoms. The molecule has 0 aromatic heterocycles. The highest BCUT2D eigenvalue weighted by atomic mass is 79.9. The largest absolute Gasteiger partial charge is 0.497 e. The number of amides is 1. The van der Waals surface area contributed by atoms with Gasteiger partial charge in [-0.05, 0) is 42.0 Å². The van der Waals surface area contributed by atoms with Crippen LogP contribution >= 0.6 is 15.9 Å². The van der Waals surface area contributed by atoms with E-state index in [2.05, 4.69) is 26.0 Å². The maximum Gasteiger partial charge on any atom is 0.241 e. The number of hydrogen-bond acceptors (Lipinski definition) is 4. The molecule has 1 amide bonds. The summed E-state index contributed by atoms with van der Waals surface area (Å²) in [6.45, 7) is -0.0165. The first kappa shape index (κ1) is 18.4. The van der Waals surface area contributed by atoms with E-state index in [-0.39, 0.29) is 11.4 Å². The second-order valence-electron chi connectivity index (χ2n) is 4.90. The molecule has 6 nitrogen and oxygen atoms in total. The summed E-state index contributed by atoms with van der Waals surface area (Å²) in [4.78, 5) is 11.9. The van der Waals surface area contributed by atoms with Gasteiger partial charge < -0.3 is 10.1 Å². The number of rotatable bonds is 7. The highest BCUT2D eigenvalue weighted by Gasteiger charge is 2.15. The molecule has 2 aromatic carbocycles. The predicted molar refractivity (Wildman–Crippen MR) is 94.2 cm³/mol. The molecule has 2 aromatic rings. The van der Waals surface area contributed by atoms with E-state index in [4.69, 9.17) is 4.74 Å². The Morgan fingerprint density at radius 3 is 2.29 bits per heavy atom. The van der Waals surface area contributed by atoms with Crippen LogP contribution in [0.15, 0.2) is 57.9 Å². The van der Waals surface area contributed by atoms with Crippen molar-refractivity contribution >= 4 is 31.9 Å². The molecule has 2 N–H and O–H groups in total. The molecule has 24 heavy (non-hydrogen) atoms. The summed E-state index contributed by atoms with van der Waals surface area (Å²) >= 11 is 3.24. The molecular weight excluding hydrogens is 396 g/mol. The lowest BCUT2D eigenvalue weighted by Crippen LogP contribution is -2.36. The van der Waals surface area contributed by atoms with Crippen LogP contribution in [0.1, 0.15) is 5.56 Å². The van der Waals surface area contributed by atoms with E-state index in [0.29, 0.717) is 6.54 Å². The molecule has 0 heterocycles. The molecule has 0 unspecified atom stereocenters. The summed E-state index contributed by atoms with van der Waals surface area (Å²) in [6, 6.07) is 13.4. The summed E-state index contributed by atoms with van der Waals surface area (Å²) < 4.78 is 32.2. The Bertz CT molecular complexity index is 790. The molecule has 0 saturated carbocycles. The normalized spacial score (nSPS) is 11.1. The Labute approximate surface area is 149 Å². The maximum atomic E-state index is 12.1. The molecule has 0 bridgehead atoms. The van der Waals surface area contributed by atoms with Gasteiger partial charge in [-0.1, -0.05) is 28.1 Å². The fourth-order valence-electron chi connectivity index (χ4n) is 1.86. The highest BCUT2D eigenvalue weighted by Crippen LogP contribution is 2.14. The summed E-state index contributed by atoms with van der Waals surface area (Å²) in [5, 5.41) is 2.66. The van der Waals surface area contributed by atoms with Crippen molar-refractivity contribution in [3.05, 3.63) is 58.6 Å². The first-order valence-electron chi connectivity index (χ1n) is 7.05. The average molecular weight is 413 g/mol. The van der Waals surface area contributed by atoms with Crippen molar-refractivity contribution in [3.63, 3.8) is 0 Å². The Morgan fingerprint density at radius 2 is 1.71 bits per heavy atom. The molecule has 2 rings (SSSR count). The van der Waals surface area contributed by atoms with E-state index < -0.39 is 15.9 Å². The Morgan fingerprint density at radius 1 is 1.08 bits per heavy atom. The van der Waals surface area contributed by atoms with E-state index in [1.807, 2.05) is 12.1 Å². The minimum Gasteiger partial charge on any atom is -0.497 e. The molecule has 0 atom stereocenters. The Hall–Kier alpha value is -1.90. The number of ether oxygens (including phenoxy) is 1. The third-order valence-electron chi connectivity index (χ3n) is 3.20. The summed E-state index contributed by atoms with van der Waals surface area (Å²) in [5.41, 5.74) is 0.889. The van der Waals surface area contributed by atoms with Crippen LogP contribution in [0.5, 0.6) is 5.75 Å². The van der Waals surface area contributed by atoms with Crippen LogP contribution in [0, 0.1) is 0 Å². The third-order valence-corrected chi connectivity index (χ3v) is 5.14. The number of sulfonamides is 1. The first-order valence-corrected chi connectivity index (χ1v) is 9.33. The van der Waals surface area contributed by atoms with Crippen LogP contribution < -0.4 is 14.8 Å². The number of nitrogens with one attached hydrogen (secondary N) is 2. The van der Waals surface area contributed by atoms with Gasteiger partial charge in [-0.2, -0.15) is 0 Å². The molecular formula is C16H17BrN2O4S. The summed E-state index contributed by atoms with van der Waals surface area (Å²) in [5.74, 6) is 0.318. The zero-order chi connectivity index (χ0) is 17.6. The molecule has 0 aliphatic heterocycles. The van der Waals surface area contributed by atoms with E-state index in [9.17, 15) is 13.2 Å². The van der Waals surface area contributed by atoms with E-state index in [0.717, 1.165) is 15.8 Å². The second-order valence-corrected chi connectivity index (χ2v) is 7.59. The Balaban J connectivity index is 1.84. The quantitative estimate of drug-likeness (QED) is 0.728. The van der Waals surface area contributed by atoms with E-state index >= 15 is 0 Å². The van der Waals surface area contributed by atoms with Crippen LogP contribution in [0.3, 0.4) is 0 Å². The van der Waals surface area contributed by atoms with Gasteiger partial charge >= 0.3 is 0 Å². The van der Waals surface area contributed by atoms with Crippen LogP contribution in [-0.2, 0) is 21.4 Å². The zero-order valence-electron chi connectivity index (χ0n) is 13.0. The average Bonchev–Trinajstić information content (AvgIpc) is 2.59. The highest BCUT2D eigenvalue weighted by molar-refractivity contribution is 9.10. The lowest BCUT2D eigenvalue weighted by atomic mass is 10.2. The van der Waals surface area contributed by atoms with Gasteiger partial charge in [0.15, 0.2) is 0 Å². The minimum absolute atomic E-state index is 0.105. The van der Waals surface area contributed by atoms with Gasteiger partial charge in [0.25, 0.3) is 0 Å². The van der Waals surface area contributed by atoms with Crippen molar-refractivity contribution in [1.29, 1.82) is 0 Å². The fraction of sp³-hybridized carbons (Fsp3) is 0.188. The smallest absolute Gasteiger partial charge is 0.241 e. The topological polar surface area (TPSA) is 84.5 Å². The van der Waals surface area contributed by atoms with E-state index in [1.165, 1.54) is 12.1 Å². The second kappa shape index (κ2) is 8.27. The monoisotopic (exact) mass is 412 g/mol. The Kier molecular flexibility index (Phi) is 6.36. The van der Waals surface area contributed by atoms with Crippen LogP contribution in [0.4, 0.5) is 0 Å². The number of carbonyl (C=O) groups excluding carboxylic acids is 1. The maximum absolute atomic E-state index is 12.1. The molecule has 0 aliphatic carbocycles. The third kappa shape index (κ3) is 5.33. The number of carbonyl (C=O) groups is 1. The van der Waals surface area contributed by atoms with Gasteiger partial charge in [-0.15, -0.1) is 0 Å². The van der Waals surface area contributed by atoms with Gasteiger partial charge in [-0.3, -0.25) is 4.79 Å². The summed E-state index contributed by atoms with van der Waals surface area (Å²) in [7, 11) is -2.13. The van der Waals surface area contributed by atoms with Gasteiger partial charge in [0.1, 0.15) is 5.75 Å². The lowest BCUT2D eigenvalue weighted by Gasteiger charge is -2.08. The van der Waals surface area contributed by atoms with Gasteiger partial charge in [0.2, 0.25) is 15.9 Å². The predicted octanol–water partition coefficient (Wildman–Crippen LogP) is 2.05. The molecule has 0 aliphatic rings.